The minimum absolute atomic E-state index is 0.0191. The van der Waals surface area contributed by atoms with Crippen molar-refractivity contribution in [2.24, 2.45) is 0 Å². The van der Waals surface area contributed by atoms with E-state index in [-0.39, 0.29) is 29.8 Å². The van der Waals surface area contributed by atoms with Crippen LogP contribution in [0.1, 0.15) is 20.3 Å². The van der Waals surface area contributed by atoms with Crippen molar-refractivity contribution in [2.75, 3.05) is 36.9 Å². The molecule has 1 saturated heterocycles. The summed E-state index contributed by atoms with van der Waals surface area (Å²) in [6.07, 6.45) is 0.388. The van der Waals surface area contributed by atoms with Crippen LogP contribution in [0.2, 0.25) is 0 Å². The minimum atomic E-state index is -3.35. The van der Waals surface area contributed by atoms with Crippen LogP contribution in [0.4, 0.5) is 0 Å². The van der Waals surface area contributed by atoms with Crippen LogP contribution in [-0.2, 0) is 19.9 Å². The highest BCUT2D eigenvalue weighted by molar-refractivity contribution is 7.91. The third-order valence-corrected chi connectivity index (χ3v) is 6.41. The molecule has 0 bridgehead atoms. The lowest BCUT2D eigenvalue weighted by atomic mass is 10.4. The first-order valence-electron chi connectivity index (χ1n) is 6.14. The monoisotopic (exact) mass is 298 g/mol. The van der Waals surface area contributed by atoms with E-state index in [1.54, 1.807) is 0 Å². The van der Waals surface area contributed by atoms with Crippen LogP contribution in [0.25, 0.3) is 0 Å². The second-order valence-electron chi connectivity index (χ2n) is 4.83. The molecule has 0 unspecified atom stereocenters. The van der Waals surface area contributed by atoms with Crippen LogP contribution in [0.15, 0.2) is 0 Å². The number of sulfone groups is 1. The van der Waals surface area contributed by atoms with Gasteiger partial charge in [0.1, 0.15) is 0 Å². The lowest BCUT2D eigenvalue weighted by Crippen LogP contribution is -2.39. The van der Waals surface area contributed by atoms with Gasteiger partial charge in [-0.15, -0.1) is 0 Å². The van der Waals surface area contributed by atoms with Crippen LogP contribution in [0, 0.1) is 0 Å². The maximum Gasteiger partial charge on any atom is 0.215 e. The summed E-state index contributed by atoms with van der Waals surface area (Å²) in [5.41, 5.74) is 0. The Balaban J connectivity index is 2.57. The highest BCUT2D eigenvalue weighted by atomic mass is 32.2. The Bertz CT molecular complexity index is 456. The third-order valence-electron chi connectivity index (χ3n) is 2.82. The van der Waals surface area contributed by atoms with Gasteiger partial charge in [0.05, 0.1) is 17.3 Å². The number of nitrogens with one attached hydrogen (secondary N) is 1. The summed E-state index contributed by atoms with van der Waals surface area (Å²) in [5.74, 6) is 0.0400. The summed E-state index contributed by atoms with van der Waals surface area (Å²) >= 11 is 0. The summed E-state index contributed by atoms with van der Waals surface area (Å²) < 4.78 is 48.2. The van der Waals surface area contributed by atoms with Crippen LogP contribution >= 0.6 is 0 Å². The van der Waals surface area contributed by atoms with Crippen molar-refractivity contribution in [2.45, 2.75) is 26.3 Å². The number of sulfonamides is 1. The molecule has 1 aliphatic heterocycles. The Hall–Kier alpha value is -0.180. The first kappa shape index (κ1) is 15.9. The molecule has 0 radical (unpaired) electrons. The molecular formula is C10H22N2O4S2. The smallest absolute Gasteiger partial charge is 0.215 e. The molecule has 1 fully saturated rings. The minimum Gasteiger partial charge on any atom is -0.313 e. The second kappa shape index (κ2) is 6.31. The third kappa shape index (κ3) is 5.21. The van der Waals surface area contributed by atoms with E-state index < -0.39 is 19.9 Å². The van der Waals surface area contributed by atoms with Crippen LogP contribution in [-0.4, -0.2) is 64.1 Å². The quantitative estimate of drug-likeness (QED) is 0.735. The number of hydrogen-bond acceptors (Lipinski definition) is 5. The fraction of sp³-hybridized carbons (Fsp3) is 1.00. The molecule has 0 aromatic carbocycles. The summed E-state index contributed by atoms with van der Waals surface area (Å²) in [6.45, 7) is 4.69. The summed E-state index contributed by atoms with van der Waals surface area (Å²) in [6, 6.07) is 0.240. The zero-order valence-electron chi connectivity index (χ0n) is 10.9. The van der Waals surface area contributed by atoms with E-state index >= 15 is 0 Å². The average Bonchev–Trinajstić information content (AvgIpc) is 2.38. The van der Waals surface area contributed by atoms with Gasteiger partial charge in [0.2, 0.25) is 10.0 Å². The first-order valence-corrected chi connectivity index (χ1v) is 9.58. The highest BCUT2D eigenvalue weighted by Crippen LogP contribution is 2.09. The maximum absolute atomic E-state index is 12.0. The molecule has 0 aliphatic carbocycles. The molecule has 0 atom stereocenters. The Morgan fingerprint density at radius 1 is 1.22 bits per heavy atom. The van der Waals surface area contributed by atoms with Crippen molar-refractivity contribution >= 4 is 19.9 Å². The normalized spacial score (nSPS) is 21.9. The van der Waals surface area contributed by atoms with E-state index in [2.05, 4.69) is 5.32 Å². The predicted molar refractivity (Wildman–Crippen MR) is 71.8 cm³/mol. The van der Waals surface area contributed by atoms with Gasteiger partial charge in [-0.1, -0.05) is 13.8 Å². The molecule has 8 heteroatoms. The molecule has 0 amide bonds. The standard InChI is InChI=1S/C10H22N2O4S2/c1-10(2)11-4-8-18(15,16)12-5-3-7-17(13,14)9-6-12/h10-11H,3-9H2,1-2H3. The number of hydrogen-bond donors (Lipinski definition) is 1. The molecular weight excluding hydrogens is 276 g/mol. The molecule has 6 nitrogen and oxygen atoms in total. The Kier molecular flexibility index (Phi) is 5.57. The van der Waals surface area contributed by atoms with E-state index in [4.69, 9.17) is 0 Å². The molecule has 1 aliphatic rings. The Morgan fingerprint density at radius 2 is 1.89 bits per heavy atom. The summed E-state index contributed by atoms with van der Waals surface area (Å²) in [7, 11) is -6.41. The predicted octanol–water partition coefficient (Wildman–Crippen LogP) is -0.565. The molecule has 1 heterocycles. The van der Waals surface area contributed by atoms with Crippen molar-refractivity contribution in [3.63, 3.8) is 0 Å². The number of nitrogens with zero attached hydrogens (tertiary/aromatic N) is 1. The fourth-order valence-corrected chi connectivity index (χ4v) is 4.60. The van der Waals surface area contributed by atoms with Gasteiger partial charge in [-0.25, -0.2) is 21.1 Å². The summed E-state index contributed by atoms with van der Waals surface area (Å²) in [4.78, 5) is 0. The van der Waals surface area contributed by atoms with E-state index in [9.17, 15) is 16.8 Å². The molecule has 0 spiro atoms. The van der Waals surface area contributed by atoms with Gasteiger partial charge in [0, 0.05) is 25.7 Å². The van der Waals surface area contributed by atoms with Gasteiger partial charge in [-0.3, -0.25) is 0 Å². The molecule has 1 N–H and O–H groups in total. The maximum atomic E-state index is 12.0. The Labute approximate surface area is 110 Å². The van der Waals surface area contributed by atoms with E-state index in [1.165, 1.54) is 4.31 Å². The van der Waals surface area contributed by atoms with Crippen molar-refractivity contribution in [3.05, 3.63) is 0 Å². The SMILES string of the molecule is CC(C)NCCS(=O)(=O)N1CCCS(=O)(=O)CC1. The number of rotatable bonds is 5. The van der Waals surface area contributed by atoms with Crippen molar-refractivity contribution in [1.82, 2.24) is 9.62 Å². The fourth-order valence-electron chi connectivity index (χ4n) is 1.80. The lowest BCUT2D eigenvalue weighted by molar-refractivity contribution is 0.432. The van der Waals surface area contributed by atoms with Gasteiger partial charge in [0.15, 0.2) is 9.84 Å². The van der Waals surface area contributed by atoms with Crippen LogP contribution in [0.3, 0.4) is 0 Å². The van der Waals surface area contributed by atoms with Gasteiger partial charge in [-0.05, 0) is 6.42 Å². The molecule has 18 heavy (non-hydrogen) atoms. The first-order chi connectivity index (χ1) is 8.23. The van der Waals surface area contributed by atoms with E-state index in [0.717, 1.165) is 0 Å². The Morgan fingerprint density at radius 3 is 2.50 bits per heavy atom. The van der Waals surface area contributed by atoms with Crippen molar-refractivity contribution in [1.29, 1.82) is 0 Å². The molecule has 0 saturated carbocycles. The van der Waals surface area contributed by atoms with Crippen molar-refractivity contribution in [3.8, 4) is 0 Å². The van der Waals surface area contributed by atoms with Gasteiger partial charge in [-0.2, -0.15) is 0 Å². The molecule has 0 aromatic heterocycles. The topological polar surface area (TPSA) is 83.6 Å². The summed E-state index contributed by atoms with van der Waals surface area (Å²) in [5, 5.41) is 3.05. The molecule has 108 valence electrons. The van der Waals surface area contributed by atoms with E-state index in [1.807, 2.05) is 13.8 Å². The molecule has 0 aromatic rings. The van der Waals surface area contributed by atoms with E-state index in [0.29, 0.717) is 19.5 Å². The van der Waals surface area contributed by atoms with Crippen molar-refractivity contribution < 1.29 is 16.8 Å². The average molecular weight is 298 g/mol. The van der Waals surface area contributed by atoms with Gasteiger partial charge >= 0.3 is 0 Å². The second-order valence-corrected chi connectivity index (χ2v) is 9.22. The van der Waals surface area contributed by atoms with Crippen LogP contribution in [0.5, 0.6) is 0 Å². The highest BCUT2D eigenvalue weighted by Gasteiger charge is 2.27. The zero-order valence-corrected chi connectivity index (χ0v) is 12.6. The zero-order chi connectivity index (χ0) is 13.8. The van der Waals surface area contributed by atoms with Gasteiger partial charge < -0.3 is 5.32 Å². The van der Waals surface area contributed by atoms with Gasteiger partial charge in [0.25, 0.3) is 0 Å². The largest absolute Gasteiger partial charge is 0.313 e. The lowest BCUT2D eigenvalue weighted by Gasteiger charge is -2.19. The van der Waals surface area contributed by atoms with Crippen LogP contribution < -0.4 is 5.32 Å². The molecule has 1 rings (SSSR count).